The van der Waals surface area contributed by atoms with Gasteiger partial charge in [0.1, 0.15) is 0 Å². The van der Waals surface area contributed by atoms with Crippen LogP contribution in [-0.4, -0.2) is 14.2 Å². The molecule has 0 aromatic rings. The first-order valence-corrected chi connectivity index (χ1v) is 7.53. The van der Waals surface area contributed by atoms with Gasteiger partial charge in [0.15, 0.2) is 0 Å². The molecule has 0 radical (unpaired) electrons. The molecule has 5 heteroatoms. The maximum Gasteiger partial charge on any atom is 0.314 e. The number of alkyl halides is 1. The van der Waals surface area contributed by atoms with Crippen molar-refractivity contribution in [3.63, 3.8) is 0 Å². The number of hydrogen-bond acceptors (Lipinski definition) is 1. The molecule has 3 nitrogen and oxygen atoms in total. The first-order chi connectivity index (χ1) is 6.60. The van der Waals surface area contributed by atoms with Gasteiger partial charge >= 0.3 is 8.25 Å². The Morgan fingerprint density at radius 1 is 1.36 bits per heavy atom. The van der Waals surface area contributed by atoms with E-state index in [-0.39, 0.29) is 0 Å². The zero-order valence-electron chi connectivity index (χ0n) is 8.16. The first kappa shape index (κ1) is 14.6. The first-order valence-electron chi connectivity index (χ1n) is 4.70. The Balaban J connectivity index is 0.000000364. The van der Waals surface area contributed by atoms with Crippen molar-refractivity contribution in [1.82, 2.24) is 0 Å². The second-order valence-corrected chi connectivity index (χ2v) is 4.90. The van der Waals surface area contributed by atoms with Crippen LogP contribution >= 0.6 is 30.8 Å². The second-order valence-electron chi connectivity index (χ2n) is 3.45. The highest BCUT2D eigenvalue weighted by atomic mass is 127. The minimum atomic E-state index is -3.13. The van der Waals surface area contributed by atoms with Crippen molar-refractivity contribution >= 4 is 30.8 Å². The summed E-state index contributed by atoms with van der Waals surface area (Å²) in [4.78, 5) is 14.3. The summed E-state index contributed by atoms with van der Waals surface area (Å²) in [6.07, 6.45) is 7.76. The van der Waals surface area contributed by atoms with E-state index >= 15 is 0 Å². The molecule has 0 heterocycles. The summed E-state index contributed by atoms with van der Waals surface area (Å²) in [5, 5.41) is 0. The molecule has 0 aromatic carbocycles. The molecular weight excluding hydrogens is 314 g/mol. The van der Waals surface area contributed by atoms with Crippen LogP contribution in [0.25, 0.3) is 0 Å². The summed E-state index contributed by atoms with van der Waals surface area (Å²) in [6, 6.07) is 0. The van der Waals surface area contributed by atoms with E-state index in [0.29, 0.717) is 0 Å². The molecule has 0 bridgehead atoms. The predicted octanol–water partition coefficient (Wildman–Crippen LogP) is 2.77. The van der Waals surface area contributed by atoms with Crippen LogP contribution in [0.4, 0.5) is 0 Å². The highest BCUT2D eigenvalue weighted by Gasteiger charge is 2.17. The lowest BCUT2D eigenvalue weighted by atomic mass is 9.83. The molecule has 1 aliphatic carbocycles. The van der Waals surface area contributed by atoms with E-state index in [2.05, 4.69) is 35.2 Å². The summed E-state index contributed by atoms with van der Waals surface area (Å²) in [5.74, 6) is 1.84. The Morgan fingerprint density at radius 3 is 2.07 bits per heavy atom. The Bertz CT molecular complexity index is 175. The molecule has 1 aliphatic rings. The van der Waals surface area contributed by atoms with E-state index in [1.807, 2.05) is 0 Å². The van der Waals surface area contributed by atoms with Crippen LogP contribution in [0.5, 0.6) is 0 Å². The van der Waals surface area contributed by atoms with Crippen LogP contribution in [0.2, 0.25) is 0 Å². The van der Waals surface area contributed by atoms with E-state index in [1.165, 1.54) is 30.1 Å². The average Bonchev–Trinajstić information content (AvgIpc) is 2.17. The van der Waals surface area contributed by atoms with E-state index in [0.717, 1.165) is 11.8 Å². The van der Waals surface area contributed by atoms with E-state index < -0.39 is 8.25 Å². The highest BCUT2D eigenvalue weighted by Crippen LogP contribution is 2.30. The van der Waals surface area contributed by atoms with Gasteiger partial charge in [0.2, 0.25) is 0 Å². The maximum atomic E-state index is 8.74. The fourth-order valence-corrected chi connectivity index (χ4v) is 2.46. The van der Waals surface area contributed by atoms with Crippen molar-refractivity contribution in [3.05, 3.63) is 12.7 Å². The van der Waals surface area contributed by atoms with Gasteiger partial charge in [-0.15, -0.1) is 6.58 Å². The summed E-state index contributed by atoms with van der Waals surface area (Å²) < 4.78 is 10.1. The highest BCUT2D eigenvalue weighted by molar-refractivity contribution is 14.1. The number of halogens is 1. The smallest absolute Gasteiger partial charge is 0.314 e. The summed E-state index contributed by atoms with van der Waals surface area (Å²) in [7, 11) is -3.13. The van der Waals surface area contributed by atoms with Gasteiger partial charge in [-0.25, -0.2) is 0 Å². The topological polar surface area (TPSA) is 57.5 Å². The van der Waals surface area contributed by atoms with Crippen molar-refractivity contribution in [1.29, 1.82) is 0 Å². The van der Waals surface area contributed by atoms with E-state index in [9.17, 15) is 0 Å². The summed E-state index contributed by atoms with van der Waals surface area (Å²) in [5.41, 5.74) is 0. The largest absolute Gasteiger partial charge is 0.326 e. The third kappa shape index (κ3) is 7.97. The normalized spacial score (nSPS) is 26.6. The van der Waals surface area contributed by atoms with Crippen molar-refractivity contribution < 1.29 is 14.4 Å². The van der Waals surface area contributed by atoms with Crippen LogP contribution in [-0.2, 0) is 4.57 Å². The lowest BCUT2D eigenvalue weighted by Gasteiger charge is -2.24. The molecule has 1 rings (SSSR count). The molecule has 2 N–H and O–H groups in total. The third-order valence-electron chi connectivity index (χ3n) is 2.44. The van der Waals surface area contributed by atoms with Crippen LogP contribution in [0, 0.1) is 11.8 Å². The Morgan fingerprint density at radius 2 is 1.79 bits per heavy atom. The Kier molecular flexibility index (Phi) is 9.28. The molecule has 0 atom stereocenters. The molecule has 0 unspecified atom stereocenters. The van der Waals surface area contributed by atoms with E-state index in [1.54, 1.807) is 0 Å². The van der Waals surface area contributed by atoms with Crippen LogP contribution in [0.15, 0.2) is 12.7 Å². The predicted molar refractivity (Wildman–Crippen MR) is 68.0 cm³/mol. The zero-order valence-corrected chi connectivity index (χ0v) is 11.3. The fraction of sp³-hybridized carbons (Fsp3) is 0.778. The lowest BCUT2D eigenvalue weighted by Crippen LogP contribution is -2.13. The minimum absolute atomic E-state index is 0.833. The molecule has 0 aromatic heterocycles. The lowest BCUT2D eigenvalue weighted by molar-refractivity contribution is 0.338. The van der Waals surface area contributed by atoms with Gasteiger partial charge in [-0.3, -0.25) is 4.57 Å². The standard InChI is InChI=1S/C9H15I.H3O3P/c1-2-8-3-5-9(7-10)6-4-8;1-4(2)3/h2,8-9H,1,3-7H2;4H,(H2,1,2,3). The van der Waals surface area contributed by atoms with Crippen molar-refractivity contribution in [2.45, 2.75) is 25.7 Å². The molecule has 1 saturated carbocycles. The monoisotopic (exact) mass is 332 g/mol. The van der Waals surface area contributed by atoms with Gasteiger partial charge in [0, 0.05) is 4.43 Å². The molecule has 0 aliphatic heterocycles. The summed E-state index contributed by atoms with van der Waals surface area (Å²) in [6.45, 7) is 3.83. The third-order valence-corrected chi connectivity index (χ3v) is 3.69. The zero-order chi connectivity index (χ0) is 11.0. The van der Waals surface area contributed by atoms with Crippen molar-refractivity contribution in [2.24, 2.45) is 11.8 Å². The minimum Gasteiger partial charge on any atom is -0.326 e. The molecule has 0 spiro atoms. The molecule has 14 heavy (non-hydrogen) atoms. The SMILES string of the molecule is C=CC1CCC(CI)CC1.O=[PH](O)O. The molecule has 84 valence electrons. The maximum absolute atomic E-state index is 8.74. The van der Waals surface area contributed by atoms with Crippen LogP contribution in [0.1, 0.15) is 25.7 Å². The second kappa shape index (κ2) is 8.89. The van der Waals surface area contributed by atoms with Gasteiger partial charge in [-0.2, -0.15) is 0 Å². The van der Waals surface area contributed by atoms with Crippen LogP contribution < -0.4 is 0 Å². The van der Waals surface area contributed by atoms with Gasteiger partial charge in [-0.1, -0.05) is 28.7 Å². The van der Waals surface area contributed by atoms with Gasteiger partial charge in [0.25, 0.3) is 0 Å². The van der Waals surface area contributed by atoms with Gasteiger partial charge in [-0.05, 0) is 37.5 Å². The van der Waals surface area contributed by atoms with Gasteiger partial charge < -0.3 is 9.79 Å². The Hall–Kier alpha value is 0.620. The summed E-state index contributed by atoms with van der Waals surface area (Å²) >= 11 is 2.50. The molecule has 0 amide bonds. The molecular formula is C9H18IO3P. The molecule has 1 fully saturated rings. The number of hydrogen-bond donors (Lipinski definition) is 2. The average molecular weight is 332 g/mol. The molecule has 0 saturated heterocycles. The quantitative estimate of drug-likeness (QED) is 0.354. The van der Waals surface area contributed by atoms with Crippen molar-refractivity contribution in [2.75, 3.05) is 4.43 Å². The fourth-order valence-electron chi connectivity index (χ4n) is 1.58. The Labute approximate surface area is 99.7 Å². The van der Waals surface area contributed by atoms with Crippen molar-refractivity contribution in [3.8, 4) is 0 Å². The number of allylic oxidation sites excluding steroid dienone is 1. The van der Waals surface area contributed by atoms with E-state index in [4.69, 9.17) is 14.4 Å². The van der Waals surface area contributed by atoms with Crippen LogP contribution in [0.3, 0.4) is 0 Å². The number of rotatable bonds is 2. The van der Waals surface area contributed by atoms with Gasteiger partial charge in [0.05, 0.1) is 0 Å².